The molecule has 0 radical (unpaired) electrons. The van der Waals surface area contributed by atoms with Crippen LogP contribution in [0.2, 0.25) is 10.0 Å². The Balaban J connectivity index is 1.15. The van der Waals surface area contributed by atoms with E-state index in [1.807, 2.05) is 36.4 Å². The summed E-state index contributed by atoms with van der Waals surface area (Å²) in [5.41, 5.74) is 4.79. The average molecular weight is 733 g/mol. The van der Waals surface area contributed by atoms with E-state index in [0.717, 1.165) is 24.0 Å². The maximum atomic E-state index is 13.3. The van der Waals surface area contributed by atoms with Crippen LogP contribution in [-0.4, -0.2) is 67.1 Å². The second-order valence-corrected chi connectivity index (χ2v) is 13.1. The summed E-state index contributed by atoms with van der Waals surface area (Å²) in [7, 11) is 3.07. The first-order valence-electron chi connectivity index (χ1n) is 16.7. The van der Waals surface area contributed by atoms with Crippen LogP contribution in [0.3, 0.4) is 0 Å². The molecule has 14 heteroatoms. The lowest BCUT2D eigenvalue weighted by molar-refractivity contribution is -0.120. The highest BCUT2D eigenvalue weighted by Crippen LogP contribution is 2.41. The highest BCUT2D eigenvalue weighted by molar-refractivity contribution is 6.39. The van der Waals surface area contributed by atoms with Crippen molar-refractivity contribution in [3.05, 3.63) is 87.5 Å². The number of benzene rings is 2. The molecule has 4 heterocycles. The topological polar surface area (TPSA) is 156 Å². The Hall–Kier alpha value is -4.75. The summed E-state index contributed by atoms with van der Waals surface area (Å²) in [5.74, 6) is 0.479. The van der Waals surface area contributed by atoms with Gasteiger partial charge >= 0.3 is 0 Å². The maximum Gasteiger partial charge on any atom is 0.274 e. The lowest BCUT2D eigenvalue weighted by atomic mass is 10.00. The van der Waals surface area contributed by atoms with Crippen LogP contribution in [0.25, 0.3) is 22.4 Å². The standard InChI is InChI=1S/C37H39Cl2N7O5/c1-50-36-21(17-40-19-23-11-15-31(47)42-23)9-13-28(45-36)27-7-3-5-25(33(27)38)26-6-4-8-29(34(26)39)44-35(49)30-14-10-22(37(46-30)51-2)18-41-20-24-12-16-32(48)43-24/h3-10,13-14,23-24,40-41H,11-12,15-20H2,1-2H3,(H,42,47)(H,43,48)(H,44,49)/t23-,24-/m0/s1. The molecule has 5 N–H and O–H groups in total. The third-order valence-corrected chi connectivity index (χ3v) is 9.71. The smallest absolute Gasteiger partial charge is 0.274 e. The Morgan fingerprint density at radius 1 is 0.745 bits per heavy atom. The maximum absolute atomic E-state index is 13.3. The number of pyridine rings is 2. The van der Waals surface area contributed by atoms with E-state index in [1.54, 1.807) is 31.4 Å². The van der Waals surface area contributed by atoms with Crippen molar-refractivity contribution in [2.45, 2.75) is 50.9 Å². The van der Waals surface area contributed by atoms with Crippen LogP contribution in [-0.2, 0) is 22.7 Å². The molecule has 4 aromatic rings. The zero-order valence-electron chi connectivity index (χ0n) is 28.3. The minimum absolute atomic E-state index is 0.0666. The molecule has 0 aliphatic carbocycles. The van der Waals surface area contributed by atoms with E-state index in [9.17, 15) is 14.4 Å². The zero-order chi connectivity index (χ0) is 35.9. The number of carbonyl (C=O) groups is 3. The summed E-state index contributed by atoms with van der Waals surface area (Å²) in [6.45, 7) is 2.27. The number of nitrogens with one attached hydrogen (secondary N) is 5. The second-order valence-electron chi connectivity index (χ2n) is 12.4. The summed E-state index contributed by atoms with van der Waals surface area (Å²) in [5, 5.41) is 16.2. The fraction of sp³-hybridized carbons (Fsp3) is 0.324. The van der Waals surface area contributed by atoms with Crippen LogP contribution in [0.15, 0.2) is 60.7 Å². The van der Waals surface area contributed by atoms with Crippen molar-refractivity contribution < 1.29 is 23.9 Å². The van der Waals surface area contributed by atoms with Gasteiger partial charge in [-0.3, -0.25) is 14.4 Å². The van der Waals surface area contributed by atoms with E-state index in [1.165, 1.54) is 7.11 Å². The fourth-order valence-electron chi connectivity index (χ4n) is 6.22. The van der Waals surface area contributed by atoms with Gasteiger partial charge in [-0.2, -0.15) is 0 Å². The number of halogens is 2. The van der Waals surface area contributed by atoms with Gasteiger partial charge in [-0.05, 0) is 37.1 Å². The summed E-state index contributed by atoms with van der Waals surface area (Å²) >= 11 is 13.9. The van der Waals surface area contributed by atoms with Crippen LogP contribution in [0, 0.1) is 0 Å². The van der Waals surface area contributed by atoms with Gasteiger partial charge < -0.3 is 36.1 Å². The van der Waals surface area contributed by atoms with E-state index in [-0.39, 0.29) is 29.6 Å². The van der Waals surface area contributed by atoms with Crippen molar-refractivity contribution in [3.8, 4) is 34.1 Å². The van der Waals surface area contributed by atoms with Crippen LogP contribution < -0.4 is 36.1 Å². The predicted octanol–water partition coefficient (Wildman–Crippen LogP) is 5.12. The fourth-order valence-corrected chi connectivity index (χ4v) is 6.82. The van der Waals surface area contributed by atoms with Crippen molar-refractivity contribution >= 4 is 46.6 Å². The number of rotatable bonds is 14. The summed E-state index contributed by atoms with van der Waals surface area (Å²) in [6.07, 6.45) is 2.71. The van der Waals surface area contributed by atoms with Gasteiger partial charge in [-0.1, -0.05) is 59.6 Å². The summed E-state index contributed by atoms with van der Waals surface area (Å²) in [6, 6.07) is 18.4. The molecule has 0 saturated carbocycles. The molecule has 3 amide bonds. The van der Waals surface area contributed by atoms with Gasteiger partial charge in [0.05, 0.1) is 35.6 Å². The Kier molecular flexibility index (Phi) is 11.7. The molecule has 6 rings (SSSR count). The number of carbonyl (C=O) groups excluding carboxylic acids is 3. The van der Waals surface area contributed by atoms with E-state index >= 15 is 0 Å². The van der Waals surface area contributed by atoms with E-state index in [0.29, 0.717) is 88.9 Å². The molecular formula is C37H39Cl2N7O5. The first kappa shape index (κ1) is 36.1. The Morgan fingerprint density at radius 2 is 1.29 bits per heavy atom. The van der Waals surface area contributed by atoms with Gasteiger partial charge in [0.2, 0.25) is 23.6 Å². The number of methoxy groups -OCH3 is 2. The minimum Gasteiger partial charge on any atom is -0.481 e. The molecule has 2 fully saturated rings. The van der Waals surface area contributed by atoms with Gasteiger partial charge in [-0.25, -0.2) is 9.97 Å². The van der Waals surface area contributed by atoms with Gasteiger partial charge in [0.15, 0.2) is 0 Å². The van der Waals surface area contributed by atoms with Crippen LogP contribution >= 0.6 is 23.2 Å². The monoisotopic (exact) mass is 731 g/mol. The molecule has 2 aliphatic heterocycles. The van der Waals surface area contributed by atoms with Crippen molar-refractivity contribution in [2.75, 3.05) is 32.6 Å². The SMILES string of the molecule is COc1nc(C(=O)Nc2cccc(-c3cccc(-c4ccc(CNC[C@@H]5CCC(=O)N5)c(OC)n4)c3Cl)c2Cl)ccc1CNC[C@@H]1CCC(=O)N1. The average Bonchev–Trinajstić information content (AvgIpc) is 3.76. The van der Waals surface area contributed by atoms with Crippen molar-refractivity contribution in [1.29, 1.82) is 0 Å². The number of aromatic nitrogens is 2. The summed E-state index contributed by atoms with van der Waals surface area (Å²) < 4.78 is 11.1. The largest absolute Gasteiger partial charge is 0.481 e. The Morgan fingerprint density at radius 3 is 1.88 bits per heavy atom. The number of anilines is 1. The molecule has 51 heavy (non-hydrogen) atoms. The number of hydrogen-bond donors (Lipinski definition) is 5. The van der Waals surface area contributed by atoms with Gasteiger partial charge in [0.1, 0.15) is 5.69 Å². The van der Waals surface area contributed by atoms with Crippen molar-refractivity contribution in [1.82, 2.24) is 31.2 Å². The molecular weight excluding hydrogens is 693 g/mol. The predicted molar refractivity (Wildman–Crippen MR) is 196 cm³/mol. The second kappa shape index (κ2) is 16.5. The number of nitrogens with zero attached hydrogens (tertiary/aromatic N) is 2. The summed E-state index contributed by atoms with van der Waals surface area (Å²) in [4.78, 5) is 45.5. The van der Waals surface area contributed by atoms with Crippen molar-refractivity contribution in [3.63, 3.8) is 0 Å². The van der Waals surface area contributed by atoms with Crippen LogP contribution in [0.4, 0.5) is 5.69 Å². The van der Waals surface area contributed by atoms with Gasteiger partial charge in [0.25, 0.3) is 5.91 Å². The number of ether oxygens (including phenoxy) is 2. The highest BCUT2D eigenvalue weighted by Gasteiger charge is 2.22. The minimum atomic E-state index is -0.459. The number of hydrogen-bond acceptors (Lipinski definition) is 9. The normalized spacial score (nSPS) is 16.9. The third-order valence-electron chi connectivity index (χ3n) is 8.89. The van der Waals surface area contributed by atoms with E-state index < -0.39 is 5.91 Å². The molecule has 0 bridgehead atoms. The number of amides is 3. The first-order valence-corrected chi connectivity index (χ1v) is 17.5. The lowest BCUT2D eigenvalue weighted by Gasteiger charge is -2.16. The van der Waals surface area contributed by atoms with Gasteiger partial charge in [0, 0.05) is 78.9 Å². The molecule has 266 valence electrons. The molecule has 12 nitrogen and oxygen atoms in total. The van der Waals surface area contributed by atoms with E-state index in [2.05, 4.69) is 31.6 Å². The molecule has 2 saturated heterocycles. The molecule has 2 aromatic heterocycles. The lowest BCUT2D eigenvalue weighted by Crippen LogP contribution is -2.35. The zero-order valence-corrected chi connectivity index (χ0v) is 29.8. The Bertz CT molecular complexity index is 1940. The highest BCUT2D eigenvalue weighted by atomic mass is 35.5. The molecule has 0 spiro atoms. The molecule has 2 atom stereocenters. The van der Waals surface area contributed by atoms with Gasteiger partial charge in [-0.15, -0.1) is 0 Å². The van der Waals surface area contributed by atoms with Crippen LogP contribution in [0.5, 0.6) is 11.8 Å². The molecule has 0 unspecified atom stereocenters. The van der Waals surface area contributed by atoms with E-state index in [4.69, 9.17) is 37.7 Å². The quantitative estimate of drug-likeness (QED) is 0.119. The first-order chi connectivity index (χ1) is 24.7. The molecule has 2 aromatic carbocycles. The Labute approximate surface area is 306 Å². The van der Waals surface area contributed by atoms with Crippen LogP contribution in [0.1, 0.15) is 47.3 Å². The third kappa shape index (κ3) is 8.59. The molecule has 2 aliphatic rings. The van der Waals surface area contributed by atoms with Crippen molar-refractivity contribution in [2.24, 2.45) is 0 Å².